The van der Waals surface area contributed by atoms with Gasteiger partial charge < -0.3 is 20.9 Å². The first-order valence-corrected chi connectivity index (χ1v) is 11.7. The van der Waals surface area contributed by atoms with Crippen molar-refractivity contribution in [2.75, 3.05) is 12.8 Å². The standard InChI is InChI=1S/C26H28N6O3.BH4.Na/c1-35-21-8-3-2-7-20(21)26(34)28-14-16-9-11-17(12-10-16)23-22-24(27)29-15-30-25(22)32(31-23)18-5-4-6-19(33)13-18;;/h2-3,7-12,15,18-19,33H,4-6,13-14H2,1H3,(H,28,34)(H2,27,29,30);1H4;/q;-1;+1. The Hall–Kier alpha value is -2.92. The van der Waals surface area contributed by atoms with Gasteiger partial charge in [0, 0.05) is 12.1 Å². The second-order valence-electron chi connectivity index (χ2n) is 8.80. The Bertz CT molecular complexity index is 1360. The first-order valence-electron chi connectivity index (χ1n) is 11.7. The number of hydrogen-bond acceptors (Lipinski definition) is 7. The molecule has 37 heavy (non-hydrogen) atoms. The van der Waals surface area contributed by atoms with Crippen LogP contribution < -0.4 is 45.3 Å². The molecule has 4 N–H and O–H groups in total. The van der Waals surface area contributed by atoms with Gasteiger partial charge >= 0.3 is 29.6 Å². The molecule has 11 heteroatoms. The number of carbonyl (C=O) groups excluding carboxylic acids is 1. The van der Waals surface area contributed by atoms with E-state index in [2.05, 4.69) is 15.3 Å². The molecular formula is C26H32BN6NaO3. The maximum Gasteiger partial charge on any atom is 1.00 e. The summed E-state index contributed by atoms with van der Waals surface area (Å²) in [6.45, 7) is 0.373. The van der Waals surface area contributed by atoms with Crippen LogP contribution in [0.5, 0.6) is 5.75 Å². The van der Waals surface area contributed by atoms with Crippen molar-refractivity contribution in [3.63, 3.8) is 0 Å². The molecule has 1 aliphatic carbocycles. The van der Waals surface area contributed by atoms with Gasteiger partial charge in [-0.2, -0.15) is 5.10 Å². The summed E-state index contributed by atoms with van der Waals surface area (Å²) in [6.07, 6.45) is 4.45. The number of nitrogen functional groups attached to an aromatic ring is 1. The van der Waals surface area contributed by atoms with Crippen LogP contribution in [0.25, 0.3) is 22.3 Å². The number of benzene rings is 2. The fourth-order valence-electron chi connectivity index (χ4n) is 4.70. The van der Waals surface area contributed by atoms with Crippen LogP contribution in [-0.2, 0) is 6.54 Å². The predicted molar refractivity (Wildman–Crippen MR) is 144 cm³/mol. The molecule has 188 valence electrons. The Labute approximate surface area is 239 Å². The summed E-state index contributed by atoms with van der Waals surface area (Å²) in [7, 11) is 1.55. The summed E-state index contributed by atoms with van der Waals surface area (Å²) >= 11 is 0. The van der Waals surface area contributed by atoms with E-state index in [-0.39, 0.29) is 56.0 Å². The van der Waals surface area contributed by atoms with E-state index in [4.69, 9.17) is 15.6 Å². The van der Waals surface area contributed by atoms with Crippen molar-refractivity contribution in [1.29, 1.82) is 0 Å². The SMILES string of the molecule is COc1ccccc1C(=O)NCc1ccc(-c2nn(C3CCCC(O)C3)c3ncnc(N)c23)cc1.[BH4-].[Na+]. The third kappa shape index (κ3) is 5.99. The molecule has 1 fully saturated rings. The largest absolute Gasteiger partial charge is 1.00 e. The van der Waals surface area contributed by atoms with E-state index in [1.165, 1.54) is 6.33 Å². The number of nitrogens with two attached hydrogens (primary N) is 1. The van der Waals surface area contributed by atoms with Gasteiger partial charge in [0.05, 0.1) is 30.2 Å². The fraction of sp³-hybridized carbons (Fsp3) is 0.308. The molecule has 2 atom stereocenters. The maximum atomic E-state index is 12.6. The third-order valence-electron chi connectivity index (χ3n) is 6.51. The molecule has 0 aliphatic heterocycles. The minimum Gasteiger partial charge on any atom is -0.496 e. The summed E-state index contributed by atoms with van der Waals surface area (Å²) in [5, 5.41) is 18.7. The van der Waals surface area contributed by atoms with Crippen LogP contribution in [0.2, 0.25) is 0 Å². The topological polar surface area (TPSA) is 128 Å². The molecule has 9 nitrogen and oxygen atoms in total. The Morgan fingerprint density at radius 2 is 1.92 bits per heavy atom. The van der Waals surface area contributed by atoms with Gasteiger partial charge in [-0.3, -0.25) is 4.79 Å². The molecule has 2 heterocycles. The molecular weight excluding hydrogens is 478 g/mol. The molecule has 0 saturated heterocycles. The van der Waals surface area contributed by atoms with E-state index in [0.29, 0.717) is 46.8 Å². The number of aliphatic hydroxyl groups is 1. The van der Waals surface area contributed by atoms with Crippen molar-refractivity contribution in [2.45, 2.75) is 44.4 Å². The number of nitrogens with one attached hydrogen (secondary N) is 1. The van der Waals surface area contributed by atoms with Crippen LogP contribution in [0, 0.1) is 0 Å². The van der Waals surface area contributed by atoms with E-state index in [1.54, 1.807) is 25.3 Å². The summed E-state index contributed by atoms with van der Waals surface area (Å²) in [5.41, 5.74) is 9.95. The summed E-state index contributed by atoms with van der Waals surface area (Å²) in [5.74, 6) is 0.713. The molecule has 0 spiro atoms. The molecule has 2 aromatic carbocycles. The average Bonchev–Trinajstić information content (AvgIpc) is 3.28. The number of rotatable bonds is 6. The van der Waals surface area contributed by atoms with E-state index < -0.39 is 0 Å². The summed E-state index contributed by atoms with van der Waals surface area (Å²) in [6, 6.07) is 15.0. The van der Waals surface area contributed by atoms with Crippen LogP contribution in [-0.4, -0.2) is 52.4 Å². The quantitative estimate of drug-likeness (QED) is 0.285. The zero-order valence-corrected chi connectivity index (χ0v) is 22.5. The molecule has 5 rings (SSSR count). The number of methoxy groups -OCH3 is 1. The first kappa shape index (κ1) is 28.7. The van der Waals surface area contributed by atoms with Crippen LogP contribution >= 0.6 is 0 Å². The minimum absolute atomic E-state index is 0. The number of fused-ring (bicyclic) bond motifs is 1. The third-order valence-corrected chi connectivity index (χ3v) is 6.51. The molecule has 2 unspecified atom stereocenters. The normalized spacial score (nSPS) is 16.9. The zero-order valence-electron chi connectivity index (χ0n) is 20.5. The molecule has 0 bridgehead atoms. The summed E-state index contributed by atoms with van der Waals surface area (Å²) < 4.78 is 7.17. The van der Waals surface area contributed by atoms with E-state index in [1.807, 2.05) is 35.0 Å². The van der Waals surface area contributed by atoms with Crippen molar-refractivity contribution in [3.05, 3.63) is 66.0 Å². The first-order chi connectivity index (χ1) is 17.0. The van der Waals surface area contributed by atoms with Crippen molar-refractivity contribution >= 4 is 31.2 Å². The molecule has 4 aromatic rings. The average molecular weight is 510 g/mol. The molecule has 0 radical (unpaired) electrons. The number of carbonyl (C=O) groups is 1. The zero-order chi connectivity index (χ0) is 24.4. The number of anilines is 1. The molecule has 2 aromatic heterocycles. The summed E-state index contributed by atoms with van der Waals surface area (Å²) in [4.78, 5) is 21.2. The van der Waals surface area contributed by atoms with Crippen LogP contribution in [0.4, 0.5) is 5.82 Å². The minimum atomic E-state index is -0.332. The molecule has 1 saturated carbocycles. The van der Waals surface area contributed by atoms with Crippen LogP contribution in [0.15, 0.2) is 54.9 Å². The Morgan fingerprint density at radius 3 is 2.65 bits per heavy atom. The Balaban J connectivity index is 0.00000190. The van der Waals surface area contributed by atoms with Gasteiger partial charge in [0.15, 0.2) is 5.65 Å². The smallest absolute Gasteiger partial charge is 0.496 e. The van der Waals surface area contributed by atoms with Gasteiger partial charge in [0.25, 0.3) is 5.91 Å². The van der Waals surface area contributed by atoms with Gasteiger partial charge in [0.2, 0.25) is 0 Å². The monoisotopic (exact) mass is 510 g/mol. The van der Waals surface area contributed by atoms with Gasteiger partial charge in [-0.25, -0.2) is 14.6 Å². The Kier molecular flexibility index (Phi) is 9.72. The number of amides is 1. The number of aliphatic hydroxyl groups excluding tert-OH is 1. The van der Waals surface area contributed by atoms with Gasteiger partial charge in [-0.15, -0.1) is 0 Å². The van der Waals surface area contributed by atoms with Crippen molar-refractivity contribution in [2.24, 2.45) is 0 Å². The van der Waals surface area contributed by atoms with Crippen molar-refractivity contribution in [1.82, 2.24) is 25.1 Å². The van der Waals surface area contributed by atoms with E-state index in [0.717, 1.165) is 30.4 Å². The number of aromatic nitrogens is 4. The fourth-order valence-corrected chi connectivity index (χ4v) is 4.70. The second-order valence-corrected chi connectivity index (χ2v) is 8.80. The Morgan fingerprint density at radius 1 is 1.16 bits per heavy atom. The van der Waals surface area contributed by atoms with Gasteiger partial charge in [0.1, 0.15) is 23.6 Å². The number of ether oxygens (including phenoxy) is 1. The maximum absolute atomic E-state index is 12.6. The van der Waals surface area contributed by atoms with E-state index >= 15 is 0 Å². The van der Waals surface area contributed by atoms with Crippen molar-refractivity contribution in [3.8, 4) is 17.0 Å². The van der Waals surface area contributed by atoms with E-state index in [9.17, 15) is 9.90 Å². The van der Waals surface area contributed by atoms with Crippen LogP contribution in [0.1, 0.15) is 47.6 Å². The number of nitrogens with zero attached hydrogens (tertiary/aromatic N) is 4. The van der Waals surface area contributed by atoms with Gasteiger partial charge in [-0.1, -0.05) is 44.8 Å². The number of para-hydroxylation sites is 1. The number of hydrogen-bond donors (Lipinski definition) is 3. The molecule has 1 aliphatic rings. The van der Waals surface area contributed by atoms with Crippen molar-refractivity contribution < 1.29 is 44.2 Å². The predicted octanol–water partition coefficient (Wildman–Crippen LogP) is -0.957. The second kappa shape index (κ2) is 12.6. The molecule has 1 amide bonds. The van der Waals surface area contributed by atoms with Gasteiger partial charge in [-0.05, 0) is 43.4 Å². The van der Waals surface area contributed by atoms with Crippen LogP contribution in [0.3, 0.4) is 0 Å².